The molecule has 96 valence electrons. The highest BCUT2D eigenvalue weighted by Crippen LogP contribution is 2.39. The van der Waals surface area contributed by atoms with Gasteiger partial charge in [0.15, 0.2) is 9.84 Å². The van der Waals surface area contributed by atoms with Crippen LogP contribution in [0.15, 0.2) is 24.3 Å². The lowest BCUT2D eigenvalue weighted by Crippen LogP contribution is -2.35. The van der Waals surface area contributed by atoms with Crippen LogP contribution >= 0.6 is 15.9 Å². The minimum Gasteiger partial charge on any atom is -0.497 e. The number of alkyl halides is 1. The SMILES string of the molecule is COc1ccc(C(Br)C(C)(C)S(C)(=O)=O)cc1. The van der Waals surface area contributed by atoms with Crippen molar-refractivity contribution in [2.45, 2.75) is 23.4 Å². The predicted molar refractivity (Wildman–Crippen MR) is 73.6 cm³/mol. The van der Waals surface area contributed by atoms with Gasteiger partial charge in [-0.3, -0.25) is 0 Å². The first kappa shape index (κ1) is 14.5. The Bertz CT molecular complexity index is 477. The van der Waals surface area contributed by atoms with Crippen LogP contribution in [0, 0.1) is 0 Å². The fourth-order valence-electron chi connectivity index (χ4n) is 1.36. The van der Waals surface area contributed by atoms with E-state index >= 15 is 0 Å². The largest absolute Gasteiger partial charge is 0.497 e. The van der Waals surface area contributed by atoms with Gasteiger partial charge in [-0.1, -0.05) is 28.1 Å². The van der Waals surface area contributed by atoms with E-state index < -0.39 is 14.6 Å². The number of methoxy groups -OCH3 is 1. The van der Waals surface area contributed by atoms with E-state index in [9.17, 15) is 8.42 Å². The average molecular weight is 321 g/mol. The second kappa shape index (κ2) is 4.98. The topological polar surface area (TPSA) is 43.4 Å². The zero-order chi connectivity index (χ0) is 13.3. The normalized spacial score (nSPS) is 14.4. The van der Waals surface area contributed by atoms with Crippen LogP contribution in [0.3, 0.4) is 0 Å². The second-order valence-corrected chi connectivity index (χ2v) is 8.02. The van der Waals surface area contributed by atoms with Crippen LogP contribution in [-0.4, -0.2) is 26.5 Å². The summed E-state index contributed by atoms with van der Waals surface area (Å²) in [4.78, 5) is -0.254. The molecule has 1 atom stereocenters. The van der Waals surface area contributed by atoms with Crippen molar-refractivity contribution in [3.8, 4) is 5.75 Å². The highest BCUT2D eigenvalue weighted by molar-refractivity contribution is 9.09. The molecule has 0 heterocycles. The first-order valence-corrected chi connectivity index (χ1v) is 7.98. The lowest BCUT2D eigenvalue weighted by atomic mass is 10.0. The fourth-order valence-corrected chi connectivity index (χ4v) is 3.20. The molecule has 1 unspecified atom stereocenters. The molecule has 17 heavy (non-hydrogen) atoms. The van der Waals surface area contributed by atoms with Gasteiger partial charge < -0.3 is 4.74 Å². The molecule has 0 spiro atoms. The summed E-state index contributed by atoms with van der Waals surface area (Å²) in [6, 6.07) is 7.38. The van der Waals surface area contributed by atoms with Crippen molar-refractivity contribution in [2.24, 2.45) is 0 Å². The lowest BCUT2D eigenvalue weighted by molar-refractivity contribution is 0.414. The molecule has 0 aromatic heterocycles. The van der Waals surface area contributed by atoms with E-state index in [4.69, 9.17) is 4.74 Å². The van der Waals surface area contributed by atoms with Crippen LogP contribution in [0.25, 0.3) is 0 Å². The second-order valence-electron chi connectivity index (χ2n) is 4.51. The van der Waals surface area contributed by atoms with Crippen molar-refractivity contribution in [3.63, 3.8) is 0 Å². The molecule has 0 saturated heterocycles. The van der Waals surface area contributed by atoms with Crippen LogP contribution in [-0.2, 0) is 9.84 Å². The van der Waals surface area contributed by atoms with E-state index in [0.717, 1.165) is 11.3 Å². The first-order chi connectivity index (χ1) is 7.70. The Kier molecular flexibility index (Phi) is 4.25. The summed E-state index contributed by atoms with van der Waals surface area (Å²) in [5.41, 5.74) is 0.918. The third kappa shape index (κ3) is 3.01. The van der Waals surface area contributed by atoms with Crippen molar-refractivity contribution in [2.75, 3.05) is 13.4 Å². The van der Waals surface area contributed by atoms with Gasteiger partial charge in [0.1, 0.15) is 5.75 Å². The summed E-state index contributed by atoms with van der Waals surface area (Å²) in [6.07, 6.45) is 1.25. The monoisotopic (exact) mass is 320 g/mol. The van der Waals surface area contributed by atoms with Crippen molar-refractivity contribution >= 4 is 25.8 Å². The number of hydrogen-bond acceptors (Lipinski definition) is 3. The Balaban J connectivity index is 3.08. The van der Waals surface area contributed by atoms with Gasteiger partial charge in [-0.15, -0.1) is 0 Å². The maximum absolute atomic E-state index is 11.7. The molecule has 5 heteroatoms. The van der Waals surface area contributed by atoms with Gasteiger partial charge in [0, 0.05) is 6.26 Å². The summed E-state index contributed by atoms with van der Waals surface area (Å²) < 4.78 is 27.7. The van der Waals surface area contributed by atoms with Crippen LogP contribution in [0.5, 0.6) is 5.75 Å². The number of sulfone groups is 1. The van der Waals surface area contributed by atoms with Crippen LogP contribution in [0.4, 0.5) is 0 Å². The zero-order valence-electron chi connectivity index (χ0n) is 10.4. The van der Waals surface area contributed by atoms with Crippen molar-refractivity contribution in [1.82, 2.24) is 0 Å². The Morgan fingerprint density at radius 2 is 1.71 bits per heavy atom. The summed E-state index contributed by atoms with van der Waals surface area (Å²) >= 11 is 3.47. The molecule has 0 bridgehead atoms. The molecule has 1 rings (SSSR count). The number of benzene rings is 1. The third-order valence-corrected chi connectivity index (χ3v) is 7.10. The number of rotatable bonds is 4. The Morgan fingerprint density at radius 1 is 1.24 bits per heavy atom. The molecule has 1 aromatic rings. The number of halogens is 1. The van der Waals surface area contributed by atoms with E-state index in [1.807, 2.05) is 24.3 Å². The molecule has 0 amide bonds. The lowest BCUT2D eigenvalue weighted by Gasteiger charge is -2.28. The van der Waals surface area contributed by atoms with Gasteiger partial charge >= 0.3 is 0 Å². The highest BCUT2D eigenvalue weighted by Gasteiger charge is 2.38. The molecule has 0 N–H and O–H groups in total. The molecular weight excluding hydrogens is 304 g/mol. The summed E-state index contributed by atoms with van der Waals surface area (Å²) in [5.74, 6) is 0.755. The van der Waals surface area contributed by atoms with Gasteiger partial charge in [-0.2, -0.15) is 0 Å². The standard InChI is InChI=1S/C12H17BrO3S/c1-12(2,17(4,14)15)11(13)9-5-7-10(16-3)8-6-9/h5-8,11H,1-4H3. The van der Waals surface area contributed by atoms with Gasteiger partial charge in [0.25, 0.3) is 0 Å². The van der Waals surface area contributed by atoms with Crippen molar-refractivity contribution < 1.29 is 13.2 Å². The van der Waals surface area contributed by atoms with Crippen molar-refractivity contribution in [3.05, 3.63) is 29.8 Å². The first-order valence-electron chi connectivity index (χ1n) is 5.18. The van der Waals surface area contributed by atoms with Gasteiger partial charge in [0.2, 0.25) is 0 Å². The minimum absolute atomic E-state index is 0.254. The van der Waals surface area contributed by atoms with E-state index in [1.54, 1.807) is 21.0 Å². The molecule has 0 radical (unpaired) electrons. The minimum atomic E-state index is -3.14. The van der Waals surface area contributed by atoms with Gasteiger partial charge in [0.05, 0.1) is 16.7 Å². The highest BCUT2D eigenvalue weighted by atomic mass is 79.9. The molecule has 0 aliphatic carbocycles. The molecule has 0 aliphatic rings. The predicted octanol–water partition coefficient (Wildman–Crippen LogP) is 2.95. The number of hydrogen-bond donors (Lipinski definition) is 0. The van der Waals surface area contributed by atoms with Crippen LogP contribution in [0.2, 0.25) is 0 Å². The molecule has 0 saturated carbocycles. The zero-order valence-corrected chi connectivity index (χ0v) is 12.8. The Hall–Kier alpha value is -0.550. The molecule has 3 nitrogen and oxygen atoms in total. The smallest absolute Gasteiger partial charge is 0.154 e. The van der Waals surface area contributed by atoms with E-state index in [0.29, 0.717) is 0 Å². The van der Waals surface area contributed by atoms with E-state index in [-0.39, 0.29) is 4.83 Å². The number of ether oxygens (including phenoxy) is 1. The molecular formula is C12H17BrO3S. The van der Waals surface area contributed by atoms with Crippen LogP contribution < -0.4 is 4.74 Å². The maximum atomic E-state index is 11.7. The Labute approximate surface area is 111 Å². The van der Waals surface area contributed by atoms with Crippen LogP contribution in [0.1, 0.15) is 24.2 Å². The average Bonchev–Trinajstić information content (AvgIpc) is 2.26. The van der Waals surface area contributed by atoms with E-state index in [2.05, 4.69) is 15.9 Å². The van der Waals surface area contributed by atoms with Gasteiger partial charge in [-0.05, 0) is 31.5 Å². The summed E-state index contributed by atoms with van der Waals surface area (Å²) in [7, 11) is -1.55. The Morgan fingerprint density at radius 3 is 2.06 bits per heavy atom. The third-order valence-electron chi connectivity index (χ3n) is 2.97. The maximum Gasteiger partial charge on any atom is 0.154 e. The fraction of sp³-hybridized carbons (Fsp3) is 0.500. The molecule has 0 aliphatic heterocycles. The summed E-state index contributed by atoms with van der Waals surface area (Å²) in [6.45, 7) is 3.43. The van der Waals surface area contributed by atoms with Crippen molar-refractivity contribution in [1.29, 1.82) is 0 Å². The van der Waals surface area contributed by atoms with Gasteiger partial charge in [-0.25, -0.2) is 8.42 Å². The quantitative estimate of drug-likeness (QED) is 0.801. The molecule has 1 aromatic carbocycles. The molecule has 0 fully saturated rings. The van der Waals surface area contributed by atoms with E-state index in [1.165, 1.54) is 6.26 Å². The summed E-state index contributed by atoms with van der Waals surface area (Å²) in [5, 5.41) is 0.